The first kappa shape index (κ1) is 10.7. The maximum Gasteiger partial charge on any atom is -0.000803 e. The van der Waals surface area contributed by atoms with Crippen LogP contribution in [0.4, 0.5) is 0 Å². The normalized spacial score (nSPS) is 25.0. The second kappa shape index (κ2) is 4.36. The molecular formula is C14H21N. The molecule has 1 aliphatic carbocycles. The highest BCUT2D eigenvalue weighted by Crippen LogP contribution is 2.34. The Bertz CT molecular complexity index is 343. The standard InChI is InChI=1S/C14H21N/c1-3-11-4-5-12-6-10(2)7-13(9-15)14(12)8-11/h4-5,8,10,13H,3,6-7,9,15H2,1-2H3. The van der Waals surface area contributed by atoms with Crippen LogP contribution in [0.25, 0.3) is 0 Å². The Morgan fingerprint density at radius 2 is 2.20 bits per heavy atom. The van der Waals surface area contributed by atoms with E-state index in [1.807, 2.05) is 0 Å². The molecule has 0 amide bonds. The van der Waals surface area contributed by atoms with Crippen molar-refractivity contribution in [3.63, 3.8) is 0 Å². The van der Waals surface area contributed by atoms with Crippen LogP contribution in [0.2, 0.25) is 0 Å². The molecule has 2 unspecified atom stereocenters. The van der Waals surface area contributed by atoms with Gasteiger partial charge >= 0.3 is 0 Å². The van der Waals surface area contributed by atoms with E-state index in [2.05, 4.69) is 32.0 Å². The third-order valence-electron chi connectivity index (χ3n) is 3.60. The third-order valence-corrected chi connectivity index (χ3v) is 3.60. The number of hydrogen-bond acceptors (Lipinski definition) is 1. The van der Waals surface area contributed by atoms with Crippen LogP contribution in [0.15, 0.2) is 18.2 Å². The maximum absolute atomic E-state index is 5.87. The van der Waals surface area contributed by atoms with Gasteiger partial charge in [-0.05, 0) is 54.3 Å². The van der Waals surface area contributed by atoms with Gasteiger partial charge in [0, 0.05) is 0 Å². The topological polar surface area (TPSA) is 26.0 Å². The molecule has 0 saturated carbocycles. The molecule has 0 aliphatic heterocycles. The Morgan fingerprint density at radius 3 is 2.87 bits per heavy atom. The Hall–Kier alpha value is -0.820. The van der Waals surface area contributed by atoms with Crippen LogP contribution in [0, 0.1) is 5.92 Å². The molecule has 15 heavy (non-hydrogen) atoms. The van der Waals surface area contributed by atoms with Gasteiger partial charge in [-0.3, -0.25) is 0 Å². The van der Waals surface area contributed by atoms with Crippen molar-refractivity contribution in [1.82, 2.24) is 0 Å². The van der Waals surface area contributed by atoms with Crippen LogP contribution < -0.4 is 5.73 Å². The van der Waals surface area contributed by atoms with Gasteiger partial charge < -0.3 is 5.73 Å². The summed E-state index contributed by atoms with van der Waals surface area (Å²) in [5.41, 5.74) is 10.4. The highest BCUT2D eigenvalue weighted by atomic mass is 14.6. The second-order valence-electron chi connectivity index (χ2n) is 4.86. The number of rotatable bonds is 2. The highest BCUT2D eigenvalue weighted by molar-refractivity contribution is 5.37. The van der Waals surface area contributed by atoms with E-state index >= 15 is 0 Å². The van der Waals surface area contributed by atoms with Crippen molar-refractivity contribution in [3.05, 3.63) is 34.9 Å². The monoisotopic (exact) mass is 203 g/mol. The van der Waals surface area contributed by atoms with E-state index in [1.165, 1.54) is 29.5 Å². The van der Waals surface area contributed by atoms with E-state index in [0.29, 0.717) is 5.92 Å². The summed E-state index contributed by atoms with van der Waals surface area (Å²) in [6.45, 7) is 5.34. The fourth-order valence-electron chi connectivity index (χ4n) is 2.72. The Balaban J connectivity index is 2.38. The van der Waals surface area contributed by atoms with Gasteiger partial charge in [-0.25, -0.2) is 0 Å². The van der Waals surface area contributed by atoms with Gasteiger partial charge in [0.25, 0.3) is 0 Å². The quantitative estimate of drug-likeness (QED) is 0.786. The third kappa shape index (κ3) is 2.07. The summed E-state index contributed by atoms with van der Waals surface area (Å²) in [6, 6.07) is 6.95. The minimum Gasteiger partial charge on any atom is -0.330 e. The fourth-order valence-corrected chi connectivity index (χ4v) is 2.72. The second-order valence-corrected chi connectivity index (χ2v) is 4.86. The zero-order valence-corrected chi connectivity index (χ0v) is 9.79. The molecule has 1 nitrogen and oxygen atoms in total. The molecule has 0 saturated heterocycles. The summed E-state index contributed by atoms with van der Waals surface area (Å²) in [5, 5.41) is 0. The van der Waals surface area contributed by atoms with E-state index in [-0.39, 0.29) is 0 Å². The smallest absolute Gasteiger partial charge is 0.000803 e. The SMILES string of the molecule is CCc1ccc2c(c1)C(CN)CC(C)C2. The van der Waals surface area contributed by atoms with E-state index in [0.717, 1.165) is 18.9 Å². The molecule has 82 valence electrons. The molecule has 0 spiro atoms. The Morgan fingerprint density at radius 1 is 1.40 bits per heavy atom. The van der Waals surface area contributed by atoms with E-state index in [4.69, 9.17) is 5.73 Å². The van der Waals surface area contributed by atoms with Gasteiger partial charge in [0.2, 0.25) is 0 Å². The summed E-state index contributed by atoms with van der Waals surface area (Å²) in [4.78, 5) is 0. The molecule has 0 radical (unpaired) electrons. The lowest BCUT2D eigenvalue weighted by atomic mass is 9.77. The molecule has 0 bridgehead atoms. The Labute approximate surface area is 92.7 Å². The summed E-state index contributed by atoms with van der Waals surface area (Å²) < 4.78 is 0. The van der Waals surface area contributed by atoms with Crippen LogP contribution in [0.5, 0.6) is 0 Å². The van der Waals surface area contributed by atoms with Crippen LogP contribution in [0.1, 0.15) is 42.9 Å². The van der Waals surface area contributed by atoms with Crippen molar-refractivity contribution < 1.29 is 0 Å². The van der Waals surface area contributed by atoms with Crippen molar-refractivity contribution >= 4 is 0 Å². The van der Waals surface area contributed by atoms with Crippen molar-refractivity contribution in [2.24, 2.45) is 11.7 Å². The van der Waals surface area contributed by atoms with Crippen molar-refractivity contribution in [1.29, 1.82) is 0 Å². The van der Waals surface area contributed by atoms with Gasteiger partial charge in [0.05, 0.1) is 0 Å². The largest absolute Gasteiger partial charge is 0.330 e. The summed E-state index contributed by atoms with van der Waals surface area (Å²) in [5.74, 6) is 1.38. The van der Waals surface area contributed by atoms with Gasteiger partial charge in [0.1, 0.15) is 0 Å². The van der Waals surface area contributed by atoms with E-state index in [1.54, 1.807) is 0 Å². The minimum atomic E-state index is 0.593. The van der Waals surface area contributed by atoms with Crippen LogP contribution in [-0.4, -0.2) is 6.54 Å². The van der Waals surface area contributed by atoms with E-state index < -0.39 is 0 Å². The molecule has 1 aromatic carbocycles. The predicted molar refractivity (Wildman–Crippen MR) is 65.1 cm³/mol. The first-order chi connectivity index (χ1) is 7.24. The van der Waals surface area contributed by atoms with Gasteiger partial charge in [-0.15, -0.1) is 0 Å². The molecule has 1 aliphatic rings. The molecule has 2 rings (SSSR count). The molecule has 2 atom stereocenters. The zero-order chi connectivity index (χ0) is 10.8. The van der Waals surface area contributed by atoms with Crippen LogP contribution >= 0.6 is 0 Å². The first-order valence-corrected chi connectivity index (χ1v) is 6.06. The van der Waals surface area contributed by atoms with Crippen molar-refractivity contribution in [2.45, 2.75) is 39.0 Å². The van der Waals surface area contributed by atoms with Gasteiger partial charge in [-0.2, -0.15) is 0 Å². The molecule has 1 heteroatoms. The number of fused-ring (bicyclic) bond motifs is 1. The lowest BCUT2D eigenvalue weighted by Gasteiger charge is -2.29. The molecular weight excluding hydrogens is 182 g/mol. The number of aryl methyl sites for hydroxylation is 1. The maximum atomic E-state index is 5.87. The first-order valence-electron chi connectivity index (χ1n) is 6.06. The molecule has 0 fully saturated rings. The number of nitrogens with two attached hydrogens (primary N) is 1. The zero-order valence-electron chi connectivity index (χ0n) is 9.79. The highest BCUT2D eigenvalue weighted by Gasteiger charge is 2.23. The minimum absolute atomic E-state index is 0.593. The van der Waals surface area contributed by atoms with Gasteiger partial charge in [0.15, 0.2) is 0 Å². The fraction of sp³-hybridized carbons (Fsp3) is 0.571. The molecule has 0 heterocycles. The van der Waals surface area contributed by atoms with Gasteiger partial charge in [-0.1, -0.05) is 32.0 Å². The average molecular weight is 203 g/mol. The lowest BCUT2D eigenvalue weighted by molar-refractivity contribution is 0.436. The number of benzene rings is 1. The predicted octanol–water partition coefficient (Wildman–Crippen LogP) is 2.87. The summed E-state index contributed by atoms with van der Waals surface area (Å²) >= 11 is 0. The summed E-state index contributed by atoms with van der Waals surface area (Å²) in [6.07, 6.45) is 3.62. The van der Waals surface area contributed by atoms with Crippen molar-refractivity contribution in [2.75, 3.05) is 6.54 Å². The van der Waals surface area contributed by atoms with E-state index in [9.17, 15) is 0 Å². The lowest BCUT2D eigenvalue weighted by Crippen LogP contribution is -2.22. The summed E-state index contributed by atoms with van der Waals surface area (Å²) in [7, 11) is 0. The van der Waals surface area contributed by atoms with Crippen LogP contribution in [-0.2, 0) is 12.8 Å². The van der Waals surface area contributed by atoms with Crippen LogP contribution in [0.3, 0.4) is 0 Å². The average Bonchev–Trinajstić information content (AvgIpc) is 2.27. The Kier molecular flexibility index (Phi) is 3.11. The molecule has 2 N–H and O–H groups in total. The van der Waals surface area contributed by atoms with Crippen molar-refractivity contribution in [3.8, 4) is 0 Å². The molecule has 0 aromatic heterocycles. The molecule has 1 aromatic rings. The number of hydrogen-bond donors (Lipinski definition) is 1.